The molecule has 2 aromatic heterocycles. The minimum Gasteiger partial charge on any atom is -0.351 e. The molecule has 1 N–H and O–H groups in total. The van der Waals surface area contributed by atoms with Crippen molar-refractivity contribution < 1.29 is 11.1 Å². The number of aromatic amines is 1. The van der Waals surface area contributed by atoms with Gasteiger partial charge in [-0.15, -0.1) is 17.9 Å². The van der Waals surface area contributed by atoms with Crippen LogP contribution in [0.4, 0.5) is 4.79 Å². The maximum absolute atomic E-state index is 11.9. The lowest BCUT2D eigenvalue weighted by Crippen LogP contribution is -2.30. The Bertz CT molecular complexity index is 601. The van der Waals surface area contributed by atoms with Crippen LogP contribution < -0.4 is 0 Å². The minimum absolute atomic E-state index is 0. The molecule has 2 aliphatic rings. The number of nitrogens with one attached hydrogen (secondary N) is 1. The van der Waals surface area contributed by atoms with Gasteiger partial charge in [0.05, 0.1) is 42.1 Å². The predicted molar refractivity (Wildman–Crippen MR) is 79.4 cm³/mol. The summed E-state index contributed by atoms with van der Waals surface area (Å²) in [5.74, 6) is 0. The summed E-state index contributed by atoms with van der Waals surface area (Å²) in [5, 5.41) is 1.45. The van der Waals surface area contributed by atoms with E-state index in [1.165, 1.54) is 5.06 Å². The maximum Gasteiger partial charge on any atom is 0.345 e. The lowest BCUT2D eigenvalue weighted by molar-refractivity contribution is -0.118. The van der Waals surface area contributed by atoms with E-state index in [0.29, 0.717) is 19.7 Å². The molecule has 2 bridgehead atoms. The van der Waals surface area contributed by atoms with Gasteiger partial charge in [-0.05, 0) is 0 Å². The summed E-state index contributed by atoms with van der Waals surface area (Å²) in [4.78, 5) is 30.9. The van der Waals surface area contributed by atoms with E-state index in [1.807, 2.05) is 5.51 Å². The quantitative estimate of drug-likeness (QED) is 0.882. The maximum atomic E-state index is 11.9. The Hall–Kier alpha value is -2.19. The third kappa shape index (κ3) is 2.67. The molecule has 0 radical (unpaired) electrons. The molecule has 8 heteroatoms. The lowest BCUT2D eigenvalue weighted by Gasteiger charge is -2.21. The number of hydrogen-bond acceptors (Lipinski definition) is 5. The van der Waals surface area contributed by atoms with Crippen molar-refractivity contribution >= 4 is 17.4 Å². The van der Waals surface area contributed by atoms with E-state index in [9.17, 15) is 4.79 Å². The Balaban J connectivity index is 0.000000253. The first-order valence-corrected chi connectivity index (χ1v) is 7.36. The van der Waals surface area contributed by atoms with Crippen molar-refractivity contribution in [1.82, 2.24) is 24.9 Å². The summed E-state index contributed by atoms with van der Waals surface area (Å²) in [7, 11) is 0. The van der Waals surface area contributed by atoms with Gasteiger partial charge in [0, 0.05) is 13.8 Å². The van der Waals surface area contributed by atoms with Crippen molar-refractivity contribution in [2.45, 2.75) is 12.6 Å². The fourth-order valence-electron chi connectivity index (χ4n) is 2.30. The van der Waals surface area contributed by atoms with Crippen LogP contribution in [0, 0.1) is 0 Å². The van der Waals surface area contributed by atoms with E-state index in [-0.39, 0.29) is 13.5 Å². The van der Waals surface area contributed by atoms with Gasteiger partial charge in [-0.25, -0.2) is 14.8 Å². The average Bonchev–Trinajstić information content (AvgIpc) is 3.23. The first kappa shape index (κ1) is 13.8. The van der Waals surface area contributed by atoms with E-state index in [0.717, 1.165) is 10.6 Å². The van der Waals surface area contributed by atoms with Crippen LogP contribution in [-0.2, 0) is 11.4 Å². The molecular formula is C13H17N5O2S. The van der Waals surface area contributed by atoms with Gasteiger partial charge < -0.3 is 9.88 Å². The molecule has 1 saturated heterocycles. The Morgan fingerprint density at radius 2 is 2.57 bits per heavy atom. The number of fused-ring (bicyclic) bond motifs is 4. The number of amides is 2. The van der Waals surface area contributed by atoms with Crippen molar-refractivity contribution in [1.29, 1.82) is 0 Å². The van der Waals surface area contributed by atoms with Crippen molar-refractivity contribution in [3.8, 4) is 0 Å². The summed E-state index contributed by atoms with van der Waals surface area (Å²) in [6.45, 7) is 5.23. The number of hydrogen-bond donors (Lipinski definition) is 1. The van der Waals surface area contributed by atoms with Crippen LogP contribution in [-0.4, -0.2) is 44.1 Å². The molecule has 4 heterocycles. The number of thiazole rings is 1. The highest BCUT2D eigenvalue weighted by Crippen LogP contribution is 2.39. The molecule has 0 saturated carbocycles. The molecule has 0 spiro atoms. The topological polar surface area (TPSA) is 74.3 Å². The first-order chi connectivity index (χ1) is 10.3. The van der Waals surface area contributed by atoms with Gasteiger partial charge in [0.15, 0.2) is 0 Å². The molecule has 4 rings (SSSR count). The number of imidazole rings is 1. The Morgan fingerprint density at radius 1 is 1.67 bits per heavy atom. The van der Waals surface area contributed by atoms with Crippen LogP contribution in [0.1, 0.15) is 18.0 Å². The Labute approximate surface area is 127 Å². The lowest BCUT2D eigenvalue weighted by atomic mass is 10.1. The second-order valence-corrected chi connectivity index (χ2v) is 5.40. The molecule has 1 atom stereocenters. The highest BCUT2D eigenvalue weighted by Gasteiger charge is 2.45. The van der Waals surface area contributed by atoms with Crippen molar-refractivity contribution in [3.05, 3.63) is 47.5 Å². The van der Waals surface area contributed by atoms with Crippen molar-refractivity contribution in [2.24, 2.45) is 0 Å². The number of rotatable bonds is 3. The Morgan fingerprint density at radius 3 is 3.24 bits per heavy atom. The normalized spacial score (nSPS) is 19.0. The summed E-state index contributed by atoms with van der Waals surface area (Å²) in [6, 6.07) is -0.0687. The molecule has 2 aliphatic heterocycles. The van der Waals surface area contributed by atoms with Crippen molar-refractivity contribution in [2.75, 3.05) is 13.2 Å². The predicted octanol–water partition coefficient (Wildman–Crippen LogP) is 2.21. The summed E-state index contributed by atoms with van der Waals surface area (Å²) in [5.41, 5.74) is 2.82. The molecule has 0 unspecified atom stereocenters. The van der Waals surface area contributed by atoms with Gasteiger partial charge in [-0.3, -0.25) is 4.84 Å². The molecule has 0 aliphatic carbocycles. The van der Waals surface area contributed by atoms with Crippen LogP contribution in [0.2, 0.25) is 0 Å². The van der Waals surface area contributed by atoms with E-state index in [4.69, 9.17) is 4.84 Å². The number of urea groups is 1. The van der Waals surface area contributed by atoms with Crippen LogP contribution in [0.15, 0.2) is 36.9 Å². The Kier molecular flexibility index (Phi) is 3.98. The number of aromatic nitrogens is 3. The standard InChI is InChI=1S/C10H11N3O2S.C3H4N2.H2/c1-2-3-15-13-8-5-12(10(13)14)4-7-9(8)16-6-11-7;1-2-5-3-4-1;/h2,6,8H,1,3-5H2;1-3H,(H,4,5);1H/t8-;;/m0../s1. The van der Waals surface area contributed by atoms with Crippen LogP contribution >= 0.6 is 11.3 Å². The number of carbonyl (C=O) groups is 1. The second-order valence-electron chi connectivity index (χ2n) is 4.51. The van der Waals surface area contributed by atoms with Crippen LogP contribution in [0.3, 0.4) is 0 Å². The number of H-pyrrole nitrogens is 1. The van der Waals surface area contributed by atoms with Gasteiger partial charge in [-0.1, -0.05) is 6.08 Å². The smallest absolute Gasteiger partial charge is 0.345 e. The van der Waals surface area contributed by atoms with Gasteiger partial charge in [0.1, 0.15) is 6.04 Å². The van der Waals surface area contributed by atoms with Gasteiger partial charge in [-0.2, -0.15) is 5.06 Å². The van der Waals surface area contributed by atoms with E-state index >= 15 is 0 Å². The first-order valence-electron chi connectivity index (χ1n) is 6.48. The molecule has 1 fully saturated rings. The summed E-state index contributed by atoms with van der Waals surface area (Å²) < 4.78 is 0. The third-order valence-electron chi connectivity index (χ3n) is 3.19. The highest BCUT2D eigenvalue weighted by molar-refractivity contribution is 7.09. The molecular weight excluding hydrogens is 290 g/mol. The number of hydroxylamine groups is 2. The van der Waals surface area contributed by atoms with Gasteiger partial charge in [0.2, 0.25) is 0 Å². The molecule has 2 amide bonds. The van der Waals surface area contributed by atoms with Gasteiger partial charge in [0.25, 0.3) is 0 Å². The zero-order valence-corrected chi connectivity index (χ0v) is 12.1. The van der Waals surface area contributed by atoms with Crippen LogP contribution in [0.5, 0.6) is 0 Å². The monoisotopic (exact) mass is 307 g/mol. The molecule has 21 heavy (non-hydrogen) atoms. The summed E-state index contributed by atoms with van der Waals surface area (Å²) >= 11 is 1.59. The molecule has 0 aromatic carbocycles. The molecule has 7 nitrogen and oxygen atoms in total. The zero-order chi connectivity index (χ0) is 14.7. The highest BCUT2D eigenvalue weighted by atomic mass is 32.1. The average molecular weight is 307 g/mol. The van der Waals surface area contributed by atoms with Gasteiger partial charge >= 0.3 is 6.03 Å². The van der Waals surface area contributed by atoms with E-state index < -0.39 is 0 Å². The molecule has 2 aromatic rings. The van der Waals surface area contributed by atoms with Crippen molar-refractivity contribution in [3.63, 3.8) is 0 Å². The molecule has 112 valence electrons. The SMILES string of the molecule is C=CCON1C(=O)N2Cc3ncsc3[C@@H]1C2.[HH].c1c[nH]cn1. The minimum atomic E-state index is -0.0722. The second kappa shape index (κ2) is 6.06. The van der Waals surface area contributed by atoms with E-state index in [2.05, 4.69) is 21.5 Å². The largest absolute Gasteiger partial charge is 0.351 e. The summed E-state index contributed by atoms with van der Waals surface area (Å²) in [6.07, 6.45) is 6.72. The third-order valence-corrected chi connectivity index (χ3v) is 4.16. The number of carbonyl (C=O) groups excluding carboxylic acids is 1. The fourth-order valence-corrected chi connectivity index (χ4v) is 3.17. The fraction of sp³-hybridized carbons (Fsp3) is 0.308. The van der Waals surface area contributed by atoms with Crippen LogP contribution in [0.25, 0.3) is 0 Å². The zero-order valence-electron chi connectivity index (χ0n) is 11.3. The van der Waals surface area contributed by atoms with E-state index in [1.54, 1.807) is 41.0 Å². The number of nitrogens with zero attached hydrogens (tertiary/aromatic N) is 4.